The van der Waals surface area contributed by atoms with Gasteiger partial charge in [-0.15, -0.1) is 24.0 Å². The molecule has 1 aromatic carbocycles. The Balaban J connectivity index is 0.00000320. The molecular formula is C23H38IN5O. The molecule has 0 radical (unpaired) electrons. The van der Waals surface area contributed by atoms with Crippen molar-refractivity contribution in [2.24, 2.45) is 10.9 Å². The van der Waals surface area contributed by atoms with Crippen LogP contribution in [0, 0.1) is 5.92 Å². The Morgan fingerprint density at radius 3 is 2.63 bits per heavy atom. The Hall–Kier alpha value is -1.35. The average Bonchev–Trinajstić information content (AvgIpc) is 3.15. The van der Waals surface area contributed by atoms with Crippen molar-refractivity contribution in [3.8, 4) is 0 Å². The van der Waals surface area contributed by atoms with E-state index in [2.05, 4.69) is 46.5 Å². The highest BCUT2D eigenvalue weighted by Gasteiger charge is 2.23. The van der Waals surface area contributed by atoms with Crippen molar-refractivity contribution in [2.45, 2.75) is 52.0 Å². The van der Waals surface area contributed by atoms with Gasteiger partial charge in [-0.3, -0.25) is 9.79 Å². The first-order valence-electron chi connectivity index (χ1n) is 11.1. The minimum Gasteiger partial charge on any atom is -0.356 e. The number of benzene rings is 1. The summed E-state index contributed by atoms with van der Waals surface area (Å²) in [5, 5.41) is 6.93. The van der Waals surface area contributed by atoms with Crippen molar-refractivity contribution in [1.82, 2.24) is 15.5 Å². The van der Waals surface area contributed by atoms with Crippen LogP contribution in [0.25, 0.3) is 0 Å². The van der Waals surface area contributed by atoms with Crippen LogP contribution in [0.15, 0.2) is 29.3 Å². The van der Waals surface area contributed by atoms with Gasteiger partial charge in [0.2, 0.25) is 5.91 Å². The molecular weight excluding hydrogens is 489 g/mol. The minimum atomic E-state index is 0. The van der Waals surface area contributed by atoms with Crippen molar-refractivity contribution in [2.75, 3.05) is 44.7 Å². The molecule has 0 aromatic heterocycles. The lowest BCUT2D eigenvalue weighted by atomic mass is 10.0. The predicted octanol–water partition coefficient (Wildman–Crippen LogP) is 3.26. The Morgan fingerprint density at radius 1 is 1.20 bits per heavy atom. The van der Waals surface area contributed by atoms with Crippen LogP contribution in [0.3, 0.4) is 0 Å². The SMILES string of the molecule is CN=C(NCCCC(=O)N1CCc2ccccc21)NC1CCN(CC(C)C)CC1.I. The van der Waals surface area contributed by atoms with Crippen molar-refractivity contribution in [1.29, 1.82) is 0 Å². The van der Waals surface area contributed by atoms with E-state index in [1.54, 1.807) is 0 Å². The Kier molecular flexibility index (Phi) is 10.4. The van der Waals surface area contributed by atoms with E-state index in [9.17, 15) is 4.79 Å². The second kappa shape index (κ2) is 12.5. The van der Waals surface area contributed by atoms with Gasteiger partial charge in [-0.2, -0.15) is 0 Å². The molecule has 1 fully saturated rings. The van der Waals surface area contributed by atoms with E-state index in [-0.39, 0.29) is 29.9 Å². The number of carbonyl (C=O) groups excluding carboxylic acids is 1. The fourth-order valence-corrected chi connectivity index (χ4v) is 4.34. The summed E-state index contributed by atoms with van der Waals surface area (Å²) < 4.78 is 0. The predicted molar refractivity (Wildman–Crippen MR) is 136 cm³/mol. The van der Waals surface area contributed by atoms with Gasteiger partial charge in [0.1, 0.15) is 0 Å². The largest absolute Gasteiger partial charge is 0.356 e. The van der Waals surface area contributed by atoms with Crippen molar-refractivity contribution >= 4 is 41.5 Å². The number of halogens is 1. The number of fused-ring (bicyclic) bond motifs is 1. The van der Waals surface area contributed by atoms with E-state index in [4.69, 9.17) is 0 Å². The Labute approximate surface area is 198 Å². The van der Waals surface area contributed by atoms with Gasteiger partial charge in [-0.05, 0) is 43.2 Å². The molecule has 0 bridgehead atoms. The van der Waals surface area contributed by atoms with E-state index in [0.717, 1.165) is 69.4 Å². The van der Waals surface area contributed by atoms with Crippen LogP contribution >= 0.6 is 24.0 Å². The molecule has 3 rings (SSSR count). The molecule has 168 valence electrons. The number of anilines is 1. The third-order valence-electron chi connectivity index (χ3n) is 5.82. The summed E-state index contributed by atoms with van der Waals surface area (Å²) in [6.07, 6.45) is 4.64. The molecule has 1 amide bonds. The number of guanidine groups is 1. The zero-order valence-corrected chi connectivity index (χ0v) is 21.0. The number of amides is 1. The highest BCUT2D eigenvalue weighted by Crippen LogP contribution is 2.27. The Morgan fingerprint density at radius 2 is 1.93 bits per heavy atom. The number of hydrogen-bond donors (Lipinski definition) is 2. The third kappa shape index (κ3) is 7.11. The van der Waals surface area contributed by atoms with Crippen LogP contribution < -0.4 is 15.5 Å². The molecule has 30 heavy (non-hydrogen) atoms. The molecule has 0 aliphatic carbocycles. The lowest BCUT2D eigenvalue weighted by Gasteiger charge is -2.34. The third-order valence-corrected chi connectivity index (χ3v) is 5.82. The molecule has 7 heteroatoms. The topological polar surface area (TPSA) is 60.0 Å². The van der Waals surface area contributed by atoms with Gasteiger partial charge in [0.15, 0.2) is 5.96 Å². The van der Waals surface area contributed by atoms with E-state index in [1.807, 2.05) is 24.1 Å². The standard InChI is InChI=1S/C23H37N5O.HI/c1-18(2)17-27-14-11-20(12-15-27)26-23(24-3)25-13-6-9-22(29)28-16-10-19-7-4-5-8-21(19)28;/h4-5,7-8,18,20H,6,9-17H2,1-3H3,(H2,24,25,26);1H. The lowest BCUT2D eigenvalue weighted by Crippen LogP contribution is -2.49. The summed E-state index contributed by atoms with van der Waals surface area (Å²) in [6.45, 7) is 9.62. The van der Waals surface area contributed by atoms with Gasteiger partial charge in [0.25, 0.3) is 0 Å². The Bertz CT molecular complexity index is 701. The molecule has 2 N–H and O–H groups in total. The second-order valence-corrected chi connectivity index (χ2v) is 8.64. The monoisotopic (exact) mass is 527 g/mol. The van der Waals surface area contributed by atoms with Gasteiger partial charge in [-0.1, -0.05) is 32.0 Å². The van der Waals surface area contributed by atoms with Gasteiger partial charge in [-0.25, -0.2) is 0 Å². The highest BCUT2D eigenvalue weighted by molar-refractivity contribution is 14.0. The number of carbonyl (C=O) groups is 1. The summed E-state index contributed by atoms with van der Waals surface area (Å²) in [6, 6.07) is 8.70. The molecule has 2 aliphatic heterocycles. The number of aliphatic imine (C=N–C) groups is 1. The summed E-state index contributed by atoms with van der Waals surface area (Å²) in [4.78, 5) is 21.4. The number of rotatable bonds is 7. The molecule has 0 spiro atoms. The fraction of sp³-hybridized carbons (Fsp3) is 0.652. The van der Waals surface area contributed by atoms with Crippen LogP contribution in [-0.2, 0) is 11.2 Å². The molecule has 1 aromatic rings. The first kappa shape index (κ1) is 24.9. The zero-order chi connectivity index (χ0) is 20.6. The second-order valence-electron chi connectivity index (χ2n) is 8.64. The van der Waals surface area contributed by atoms with Crippen LogP contribution in [0.5, 0.6) is 0 Å². The van der Waals surface area contributed by atoms with Crippen LogP contribution in [0.1, 0.15) is 45.1 Å². The maximum atomic E-state index is 12.6. The number of nitrogens with zero attached hydrogens (tertiary/aromatic N) is 3. The summed E-state index contributed by atoms with van der Waals surface area (Å²) >= 11 is 0. The number of nitrogens with one attached hydrogen (secondary N) is 2. The van der Waals surface area contributed by atoms with Gasteiger partial charge in [0.05, 0.1) is 0 Å². The first-order valence-corrected chi connectivity index (χ1v) is 11.1. The molecule has 0 unspecified atom stereocenters. The van der Waals surface area contributed by atoms with Crippen molar-refractivity contribution in [3.05, 3.63) is 29.8 Å². The molecule has 2 aliphatic rings. The van der Waals surface area contributed by atoms with Crippen molar-refractivity contribution in [3.63, 3.8) is 0 Å². The van der Waals surface area contributed by atoms with E-state index >= 15 is 0 Å². The molecule has 6 nitrogen and oxygen atoms in total. The van der Waals surface area contributed by atoms with E-state index in [1.165, 1.54) is 12.1 Å². The first-order chi connectivity index (χ1) is 14.1. The number of piperidine rings is 1. The van der Waals surface area contributed by atoms with Gasteiger partial charge in [0, 0.05) is 57.9 Å². The number of para-hydroxylation sites is 1. The molecule has 2 heterocycles. The van der Waals surface area contributed by atoms with Gasteiger partial charge >= 0.3 is 0 Å². The lowest BCUT2D eigenvalue weighted by molar-refractivity contribution is -0.118. The number of likely N-dealkylation sites (tertiary alicyclic amines) is 1. The van der Waals surface area contributed by atoms with Crippen LogP contribution in [0.4, 0.5) is 5.69 Å². The average molecular weight is 527 g/mol. The number of hydrogen-bond acceptors (Lipinski definition) is 3. The maximum absolute atomic E-state index is 12.6. The van der Waals surface area contributed by atoms with E-state index < -0.39 is 0 Å². The van der Waals surface area contributed by atoms with Crippen molar-refractivity contribution < 1.29 is 4.79 Å². The normalized spacial score (nSPS) is 17.6. The zero-order valence-electron chi connectivity index (χ0n) is 18.7. The summed E-state index contributed by atoms with van der Waals surface area (Å²) in [7, 11) is 1.82. The summed E-state index contributed by atoms with van der Waals surface area (Å²) in [5.74, 6) is 1.80. The van der Waals surface area contributed by atoms with Gasteiger partial charge < -0.3 is 20.4 Å². The fourth-order valence-electron chi connectivity index (χ4n) is 4.34. The smallest absolute Gasteiger partial charge is 0.227 e. The minimum absolute atomic E-state index is 0. The molecule has 0 saturated carbocycles. The quantitative estimate of drug-likeness (QED) is 0.248. The van der Waals surface area contributed by atoms with E-state index in [0.29, 0.717) is 12.5 Å². The van der Waals surface area contributed by atoms with Crippen LogP contribution in [0.2, 0.25) is 0 Å². The maximum Gasteiger partial charge on any atom is 0.227 e. The highest BCUT2D eigenvalue weighted by atomic mass is 127. The molecule has 1 saturated heterocycles. The summed E-state index contributed by atoms with van der Waals surface area (Å²) in [5.41, 5.74) is 2.37. The molecule has 0 atom stereocenters. The van der Waals surface area contributed by atoms with Crippen LogP contribution in [-0.4, -0.2) is 62.6 Å².